The number of fused-ring (bicyclic) bond motifs is 2. The first-order valence-electron chi connectivity index (χ1n) is 7.77. The first kappa shape index (κ1) is 14.8. The van der Waals surface area contributed by atoms with Crippen LogP contribution in [0.5, 0.6) is 0 Å². The Bertz CT molecular complexity index is 355. The van der Waals surface area contributed by atoms with E-state index < -0.39 is 5.60 Å². The van der Waals surface area contributed by atoms with Gasteiger partial charge in [-0.2, -0.15) is 0 Å². The lowest BCUT2D eigenvalue weighted by molar-refractivity contribution is -0.129. The van der Waals surface area contributed by atoms with E-state index in [1.54, 1.807) is 0 Å². The van der Waals surface area contributed by atoms with Crippen LogP contribution in [0.3, 0.4) is 0 Å². The molecule has 4 atom stereocenters. The molecule has 2 fully saturated rings. The van der Waals surface area contributed by atoms with Gasteiger partial charge < -0.3 is 10.4 Å². The van der Waals surface area contributed by atoms with Crippen LogP contribution in [0, 0.1) is 17.3 Å². The number of hydrogen-bond donors (Lipinski definition) is 2. The van der Waals surface area contributed by atoms with E-state index >= 15 is 0 Å². The zero-order valence-electron chi connectivity index (χ0n) is 12.8. The number of nitrogens with one attached hydrogen (secondary N) is 1. The minimum atomic E-state index is -0.479. The van der Waals surface area contributed by atoms with Crippen LogP contribution in [0.4, 0.5) is 0 Å². The van der Waals surface area contributed by atoms with Crippen LogP contribution in [0.1, 0.15) is 66.2 Å². The summed E-state index contributed by atoms with van der Waals surface area (Å²) in [6, 6.07) is 0.134. The molecule has 2 aliphatic rings. The molecule has 0 aromatic rings. The molecule has 110 valence electrons. The quantitative estimate of drug-likeness (QED) is 0.826. The SMILES string of the molecule is CC(C)C(=O)NC(C)C1(C)CC2CCCC(O)(C2)C1. The topological polar surface area (TPSA) is 49.3 Å². The van der Waals surface area contributed by atoms with E-state index in [4.69, 9.17) is 0 Å². The van der Waals surface area contributed by atoms with Crippen molar-refractivity contribution < 1.29 is 9.90 Å². The molecule has 3 heteroatoms. The Kier molecular flexibility index (Phi) is 3.97. The molecule has 1 amide bonds. The van der Waals surface area contributed by atoms with Crippen molar-refractivity contribution in [2.45, 2.75) is 77.9 Å². The van der Waals surface area contributed by atoms with Gasteiger partial charge in [0.25, 0.3) is 0 Å². The second-order valence-corrected chi connectivity index (χ2v) is 7.61. The van der Waals surface area contributed by atoms with Gasteiger partial charge in [-0.05, 0) is 43.9 Å². The molecule has 0 heterocycles. The zero-order chi connectivity index (χ0) is 14.3. The van der Waals surface area contributed by atoms with Crippen molar-refractivity contribution in [3.8, 4) is 0 Å². The molecule has 0 aromatic heterocycles. The lowest BCUT2D eigenvalue weighted by Crippen LogP contribution is -2.54. The van der Waals surface area contributed by atoms with Crippen molar-refractivity contribution in [1.29, 1.82) is 0 Å². The number of carbonyl (C=O) groups excluding carboxylic acids is 1. The molecule has 0 spiro atoms. The highest BCUT2D eigenvalue weighted by Crippen LogP contribution is 2.52. The summed E-state index contributed by atoms with van der Waals surface area (Å²) >= 11 is 0. The molecule has 0 aromatic carbocycles. The number of rotatable bonds is 3. The smallest absolute Gasteiger partial charge is 0.222 e. The van der Waals surface area contributed by atoms with E-state index in [2.05, 4.69) is 19.2 Å². The average Bonchev–Trinajstić information content (AvgIpc) is 2.26. The minimum Gasteiger partial charge on any atom is -0.390 e. The van der Waals surface area contributed by atoms with Gasteiger partial charge in [-0.1, -0.05) is 33.6 Å². The summed E-state index contributed by atoms with van der Waals surface area (Å²) in [5.41, 5.74) is -0.449. The highest BCUT2D eigenvalue weighted by atomic mass is 16.3. The molecule has 2 N–H and O–H groups in total. The van der Waals surface area contributed by atoms with E-state index in [0.717, 1.165) is 32.1 Å². The van der Waals surface area contributed by atoms with Crippen molar-refractivity contribution in [1.82, 2.24) is 5.32 Å². The molecule has 0 radical (unpaired) electrons. The molecule has 0 aliphatic heterocycles. The Labute approximate surface area is 117 Å². The van der Waals surface area contributed by atoms with Crippen LogP contribution in [0.15, 0.2) is 0 Å². The van der Waals surface area contributed by atoms with Gasteiger partial charge in [0.05, 0.1) is 5.60 Å². The lowest BCUT2D eigenvalue weighted by Gasteiger charge is -2.52. The van der Waals surface area contributed by atoms with Gasteiger partial charge in [-0.25, -0.2) is 0 Å². The molecule has 4 unspecified atom stereocenters. The summed E-state index contributed by atoms with van der Waals surface area (Å²) in [5.74, 6) is 0.782. The van der Waals surface area contributed by atoms with Crippen molar-refractivity contribution in [3.05, 3.63) is 0 Å². The first-order chi connectivity index (χ1) is 8.74. The van der Waals surface area contributed by atoms with Gasteiger partial charge in [-0.15, -0.1) is 0 Å². The minimum absolute atomic E-state index is 0.0252. The fourth-order valence-corrected chi connectivity index (χ4v) is 4.16. The summed E-state index contributed by atoms with van der Waals surface area (Å²) in [7, 11) is 0. The summed E-state index contributed by atoms with van der Waals surface area (Å²) in [4.78, 5) is 11.9. The maximum absolute atomic E-state index is 11.9. The maximum Gasteiger partial charge on any atom is 0.222 e. The number of carbonyl (C=O) groups is 1. The third-order valence-electron chi connectivity index (χ3n) is 5.34. The largest absolute Gasteiger partial charge is 0.390 e. The van der Waals surface area contributed by atoms with Crippen molar-refractivity contribution in [2.75, 3.05) is 0 Å². The Morgan fingerprint density at radius 3 is 2.58 bits per heavy atom. The van der Waals surface area contributed by atoms with Gasteiger partial charge in [0, 0.05) is 12.0 Å². The molecule has 3 nitrogen and oxygen atoms in total. The number of amides is 1. The molecular weight excluding hydrogens is 238 g/mol. The summed E-state index contributed by atoms with van der Waals surface area (Å²) in [6.45, 7) is 8.19. The van der Waals surface area contributed by atoms with Crippen LogP contribution in [0.25, 0.3) is 0 Å². The zero-order valence-corrected chi connectivity index (χ0v) is 12.8. The van der Waals surface area contributed by atoms with Crippen LogP contribution < -0.4 is 5.32 Å². The molecular formula is C16H29NO2. The molecule has 2 aliphatic carbocycles. The van der Waals surface area contributed by atoms with Crippen molar-refractivity contribution >= 4 is 5.91 Å². The van der Waals surface area contributed by atoms with Crippen LogP contribution in [-0.2, 0) is 4.79 Å². The van der Waals surface area contributed by atoms with Crippen molar-refractivity contribution in [2.24, 2.45) is 17.3 Å². The Hall–Kier alpha value is -0.570. The summed E-state index contributed by atoms with van der Waals surface area (Å²) in [6.07, 6.45) is 6.26. The highest BCUT2D eigenvalue weighted by Gasteiger charge is 2.49. The molecule has 19 heavy (non-hydrogen) atoms. The fourth-order valence-electron chi connectivity index (χ4n) is 4.16. The van der Waals surface area contributed by atoms with Gasteiger partial charge in [0.15, 0.2) is 0 Å². The number of hydrogen-bond acceptors (Lipinski definition) is 2. The summed E-state index contributed by atoms with van der Waals surface area (Å²) in [5, 5.41) is 13.9. The van der Waals surface area contributed by atoms with E-state index in [1.807, 2.05) is 13.8 Å². The van der Waals surface area contributed by atoms with Gasteiger partial charge in [-0.3, -0.25) is 4.79 Å². The normalized spacial score (nSPS) is 40.0. The van der Waals surface area contributed by atoms with Crippen LogP contribution >= 0.6 is 0 Å². The van der Waals surface area contributed by atoms with E-state index in [0.29, 0.717) is 5.92 Å². The van der Waals surface area contributed by atoms with E-state index in [9.17, 15) is 9.90 Å². The maximum atomic E-state index is 11.9. The molecule has 0 saturated heterocycles. The van der Waals surface area contributed by atoms with E-state index in [-0.39, 0.29) is 23.3 Å². The Morgan fingerprint density at radius 1 is 1.32 bits per heavy atom. The fraction of sp³-hybridized carbons (Fsp3) is 0.938. The monoisotopic (exact) mass is 267 g/mol. The molecule has 2 rings (SSSR count). The Morgan fingerprint density at radius 2 is 2.00 bits per heavy atom. The van der Waals surface area contributed by atoms with E-state index in [1.165, 1.54) is 6.42 Å². The van der Waals surface area contributed by atoms with Gasteiger partial charge in [0.1, 0.15) is 0 Å². The van der Waals surface area contributed by atoms with Crippen molar-refractivity contribution in [3.63, 3.8) is 0 Å². The van der Waals surface area contributed by atoms with Gasteiger partial charge in [0.2, 0.25) is 5.91 Å². The second kappa shape index (κ2) is 5.08. The average molecular weight is 267 g/mol. The highest BCUT2D eigenvalue weighted by molar-refractivity contribution is 5.78. The molecule has 2 bridgehead atoms. The van der Waals surface area contributed by atoms with Gasteiger partial charge >= 0.3 is 0 Å². The molecule has 2 saturated carbocycles. The summed E-state index contributed by atoms with van der Waals surface area (Å²) < 4.78 is 0. The van der Waals surface area contributed by atoms with Crippen LogP contribution in [-0.4, -0.2) is 22.7 Å². The predicted octanol–water partition coefficient (Wildman–Crippen LogP) is 2.87. The first-order valence-corrected chi connectivity index (χ1v) is 7.77. The second-order valence-electron chi connectivity index (χ2n) is 7.61. The third kappa shape index (κ3) is 3.13. The third-order valence-corrected chi connectivity index (χ3v) is 5.34. The van der Waals surface area contributed by atoms with Crippen LogP contribution in [0.2, 0.25) is 0 Å². The standard InChI is InChI=1S/C16H29NO2/c1-11(2)14(18)17-12(3)15(4)8-13-6-5-7-16(19,9-13)10-15/h11-13,19H,5-10H2,1-4H3,(H,17,18). The Balaban J connectivity index is 2.07. The number of aliphatic hydroxyl groups is 1. The lowest BCUT2D eigenvalue weighted by atomic mass is 9.57. The predicted molar refractivity (Wildman–Crippen MR) is 76.7 cm³/mol.